The van der Waals surface area contributed by atoms with Crippen molar-refractivity contribution in [2.75, 3.05) is 13.2 Å². The van der Waals surface area contributed by atoms with E-state index >= 15 is 0 Å². The number of fused-ring (bicyclic) bond motifs is 1. The lowest BCUT2D eigenvalue weighted by atomic mass is 10.2. The van der Waals surface area contributed by atoms with Gasteiger partial charge in [0.25, 0.3) is 0 Å². The summed E-state index contributed by atoms with van der Waals surface area (Å²) in [4.78, 5) is 0. The van der Waals surface area contributed by atoms with Crippen LogP contribution in [-0.2, 0) is 6.61 Å². The Morgan fingerprint density at radius 3 is 2.65 bits per heavy atom. The molecule has 0 aliphatic carbocycles. The molecule has 0 N–H and O–H groups in total. The van der Waals surface area contributed by atoms with Gasteiger partial charge in [-0.05, 0) is 24.3 Å². The van der Waals surface area contributed by atoms with E-state index in [1.807, 2.05) is 0 Å². The summed E-state index contributed by atoms with van der Waals surface area (Å²) < 4.78 is 30.9. The van der Waals surface area contributed by atoms with Gasteiger partial charge in [-0.25, -0.2) is 4.39 Å². The molecule has 1 aliphatic heterocycles. The highest BCUT2D eigenvalue weighted by molar-refractivity contribution is 9.10. The van der Waals surface area contributed by atoms with Gasteiger partial charge >= 0.3 is 0 Å². The van der Waals surface area contributed by atoms with Gasteiger partial charge in [-0.3, -0.25) is 0 Å². The lowest BCUT2D eigenvalue weighted by Gasteiger charge is -2.19. The third-order valence-electron chi connectivity index (χ3n) is 2.92. The van der Waals surface area contributed by atoms with E-state index in [9.17, 15) is 4.39 Å². The van der Waals surface area contributed by atoms with Crippen LogP contribution in [0.2, 0.25) is 0 Å². The quantitative estimate of drug-likeness (QED) is 0.848. The molecule has 0 aromatic heterocycles. The van der Waals surface area contributed by atoms with Crippen LogP contribution >= 0.6 is 15.9 Å². The summed E-state index contributed by atoms with van der Waals surface area (Å²) in [5.41, 5.74) is 0.503. The maximum absolute atomic E-state index is 13.7. The van der Waals surface area contributed by atoms with Gasteiger partial charge in [0, 0.05) is 16.1 Å². The first-order valence-electron chi connectivity index (χ1n) is 6.19. The second-order valence-electron chi connectivity index (χ2n) is 4.33. The first kappa shape index (κ1) is 13.2. The Morgan fingerprint density at radius 1 is 1.05 bits per heavy atom. The van der Waals surface area contributed by atoms with Crippen LogP contribution in [-0.4, -0.2) is 13.2 Å². The van der Waals surface area contributed by atoms with Gasteiger partial charge in [-0.2, -0.15) is 0 Å². The second-order valence-corrected chi connectivity index (χ2v) is 5.25. The molecule has 3 nitrogen and oxygen atoms in total. The Labute approximate surface area is 124 Å². The third kappa shape index (κ3) is 2.88. The van der Waals surface area contributed by atoms with Crippen molar-refractivity contribution < 1.29 is 18.6 Å². The predicted molar refractivity (Wildman–Crippen MR) is 75.9 cm³/mol. The monoisotopic (exact) mass is 338 g/mol. The molecule has 0 fully saturated rings. The Morgan fingerprint density at radius 2 is 1.85 bits per heavy atom. The van der Waals surface area contributed by atoms with Crippen LogP contribution in [0, 0.1) is 5.82 Å². The van der Waals surface area contributed by atoms with Crippen LogP contribution in [0.25, 0.3) is 0 Å². The lowest BCUT2D eigenvalue weighted by Crippen LogP contribution is -2.15. The first-order chi connectivity index (χ1) is 9.72. The smallest absolute Gasteiger partial charge is 0.165 e. The Kier molecular flexibility index (Phi) is 3.78. The van der Waals surface area contributed by atoms with E-state index in [4.69, 9.17) is 14.2 Å². The topological polar surface area (TPSA) is 27.7 Å². The van der Waals surface area contributed by atoms with Gasteiger partial charge in [-0.15, -0.1) is 0 Å². The molecular weight excluding hydrogens is 327 g/mol. The summed E-state index contributed by atoms with van der Waals surface area (Å²) in [5.74, 6) is 1.69. The van der Waals surface area contributed by atoms with Gasteiger partial charge in [0.2, 0.25) is 0 Å². The van der Waals surface area contributed by atoms with E-state index in [0.717, 1.165) is 0 Å². The maximum Gasteiger partial charge on any atom is 0.165 e. The fourth-order valence-electron chi connectivity index (χ4n) is 1.91. The Hall–Kier alpha value is -1.75. The van der Waals surface area contributed by atoms with Crippen molar-refractivity contribution in [2.45, 2.75) is 6.61 Å². The van der Waals surface area contributed by atoms with Crippen molar-refractivity contribution >= 4 is 15.9 Å². The fourth-order valence-corrected chi connectivity index (χ4v) is 2.25. The molecule has 0 saturated heterocycles. The molecule has 0 radical (unpaired) electrons. The number of hydrogen-bond acceptors (Lipinski definition) is 3. The zero-order chi connectivity index (χ0) is 13.9. The molecule has 5 heteroatoms. The summed E-state index contributed by atoms with van der Waals surface area (Å²) in [6.07, 6.45) is 0. The number of halogens is 2. The van der Waals surface area contributed by atoms with E-state index < -0.39 is 0 Å². The van der Waals surface area contributed by atoms with Gasteiger partial charge in [0.1, 0.15) is 31.4 Å². The normalized spacial score (nSPS) is 13.1. The average molecular weight is 339 g/mol. The summed E-state index contributed by atoms with van der Waals surface area (Å²) in [7, 11) is 0. The van der Waals surface area contributed by atoms with Crippen LogP contribution in [0.15, 0.2) is 40.9 Å². The predicted octanol–water partition coefficient (Wildman–Crippen LogP) is 3.94. The molecule has 3 rings (SSSR count). The van der Waals surface area contributed by atoms with Crippen LogP contribution in [0.1, 0.15) is 5.56 Å². The SMILES string of the molecule is Fc1cc(Br)ccc1COc1ccc2c(c1)OCCO2. The van der Waals surface area contributed by atoms with Crippen molar-refractivity contribution in [2.24, 2.45) is 0 Å². The molecule has 0 bridgehead atoms. The van der Waals surface area contributed by atoms with Gasteiger partial charge < -0.3 is 14.2 Å². The Balaban J connectivity index is 1.72. The molecule has 1 heterocycles. The molecule has 0 amide bonds. The van der Waals surface area contributed by atoms with Crippen LogP contribution in [0.5, 0.6) is 17.2 Å². The average Bonchev–Trinajstić information content (AvgIpc) is 2.46. The minimum absolute atomic E-state index is 0.165. The fraction of sp³-hybridized carbons (Fsp3) is 0.200. The number of rotatable bonds is 3. The second kappa shape index (κ2) is 5.71. The highest BCUT2D eigenvalue weighted by Gasteiger charge is 2.12. The summed E-state index contributed by atoms with van der Waals surface area (Å²) in [6.45, 7) is 1.24. The van der Waals surface area contributed by atoms with E-state index in [0.29, 0.717) is 40.5 Å². The molecule has 20 heavy (non-hydrogen) atoms. The minimum atomic E-state index is -0.295. The van der Waals surface area contributed by atoms with Crippen molar-refractivity contribution in [3.8, 4) is 17.2 Å². The summed E-state index contributed by atoms with van der Waals surface area (Å²) in [6, 6.07) is 10.2. The van der Waals surface area contributed by atoms with Gasteiger partial charge in [-0.1, -0.05) is 22.0 Å². The van der Waals surface area contributed by atoms with Crippen LogP contribution < -0.4 is 14.2 Å². The molecular formula is C15H12BrFO3. The molecule has 0 saturated carbocycles. The zero-order valence-corrected chi connectivity index (χ0v) is 12.2. The molecule has 0 atom stereocenters. The summed E-state index contributed by atoms with van der Waals surface area (Å²) in [5, 5.41) is 0. The minimum Gasteiger partial charge on any atom is -0.489 e. The van der Waals surface area contributed by atoms with Crippen molar-refractivity contribution in [3.05, 3.63) is 52.3 Å². The van der Waals surface area contributed by atoms with Crippen molar-refractivity contribution in [3.63, 3.8) is 0 Å². The summed E-state index contributed by atoms with van der Waals surface area (Å²) >= 11 is 3.22. The largest absolute Gasteiger partial charge is 0.489 e. The standard InChI is InChI=1S/C15H12BrFO3/c16-11-2-1-10(13(17)7-11)9-20-12-3-4-14-15(8-12)19-6-5-18-14/h1-4,7-8H,5-6,9H2. The lowest BCUT2D eigenvalue weighted by molar-refractivity contribution is 0.170. The van der Waals surface area contributed by atoms with E-state index in [1.54, 1.807) is 30.3 Å². The van der Waals surface area contributed by atoms with Crippen LogP contribution in [0.4, 0.5) is 4.39 Å². The molecule has 2 aromatic carbocycles. The van der Waals surface area contributed by atoms with Crippen LogP contribution in [0.3, 0.4) is 0 Å². The molecule has 1 aliphatic rings. The highest BCUT2D eigenvalue weighted by Crippen LogP contribution is 2.33. The van der Waals surface area contributed by atoms with Gasteiger partial charge in [0.05, 0.1) is 0 Å². The molecule has 104 valence electrons. The highest BCUT2D eigenvalue weighted by atomic mass is 79.9. The third-order valence-corrected chi connectivity index (χ3v) is 3.42. The van der Waals surface area contributed by atoms with E-state index in [-0.39, 0.29) is 12.4 Å². The van der Waals surface area contributed by atoms with E-state index in [1.165, 1.54) is 6.07 Å². The van der Waals surface area contributed by atoms with Crippen molar-refractivity contribution in [1.82, 2.24) is 0 Å². The first-order valence-corrected chi connectivity index (χ1v) is 6.98. The Bertz CT molecular complexity index is 631. The number of ether oxygens (including phenoxy) is 3. The number of benzene rings is 2. The van der Waals surface area contributed by atoms with Gasteiger partial charge in [0.15, 0.2) is 11.5 Å². The zero-order valence-electron chi connectivity index (χ0n) is 10.6. The maximum atomic E-state index is 13.7. The number of hydrogen-bond donors (Lipinski definition) is 0. The molecule has 0 spiro atoms. The van der Waals surface area contributed by atoms with E-state index in [2.05, 4.69) is 15.9 Å². The van der Waals surface area contributed by atoms with Crippen molar-refractivity contribution in [1.29, 1.82) is 0 Å². The molecule has 2 aromatic rings. The molecule has 0 unspecified atom stereocenters.